The number of hydrogen-bond acceptors (Lipinski definition) is 11. The number of aryl methyl sites for hydroxylation is 1. The summed E-state index contributed by atoms with van der Waals surface area (Å²) < 4.78 is 29.1. The summed E-state index contributed by atoms with van der Waals surface area (Å²) in [6, 6.07) is 3.43. The maximum atomic E-state index is 5.85. The number of nitrogens with zero attached hydrogens (tertiary/aromatic N) is 7. The van der Waals surface area contributed by atoms with Crippen LogP contribution in [0.15, 0.2) is 29.0 Å². The lowest BCUT2D eigenvalue weighted by molar-refractivity contribution is 0.0661. The van der Waals surface area contributed by atoms with Crippen molar-refractivity contribution < 1.29 is 23.5 Å². The predicted molar refractivity (Wildman–Crippen MR) is 108 cm³/mol. The van der Waals surface area contributed by atoms with Crippen molar-refractivity contribution in [3.05, 3.63) is 36.0 Å². The number of hydrogen-bond donors (Lipinski definition) is 0. The van der Waals surface area contributed by atoms with Gasteiger partial charge in [-0.1, -0.05) is 5.16 Å². The highest BCUT2D eigenvalue weighted by atomic mass is 16.5. The standard InChI is InChI=1S/C20H21N7O5/c1-12-6-15(26-32-12)19-24-23-17-7-16(28-2)20(25-27(17)19)31-10-13-8-22-18(9-21-13)30-11-14-4-3-5-29-14/h6-9,14H,3-5,10-11H2,1-2H3. The van der Waals surface area contributed by atoms with Crippen LogP contribution in [0, 0.1) is 6.92 Å². The summed E-state index contributed by atoms with van der Waals surface area (Å²) in [5.41, 5.74) is 1.61. The Balaban J connectivity index is 1.29. The van der Waals surface area contributed by atoms with E-state index < -0.39 is 0 Å². The summed E-state index contributed by atoms with van der Waals surface area (Å²) in [5, 5.41) is 16.7. The Bertz CT molecular complexity index is 1200. The summed E-state index contributed by atoms with van der Waals surface area (Å²) in [5.74, 6) is 2.19. The van der Waals surface area contributed by atoms with Gasteiger partial charge in [-0.25, -0.2) is 4.98 Å². The fourth-order valence-corrected chi connectivity index (χ4v) is 3.27. The first-order chi connectivity index (χ1) is 15.7. The maximum Gasteiger partial charge on any atom is 0.275 e. The molecule has 4 aromatic rings. The molecule has 0 spiro atoms. The molecule has 1 unspecified atom stereocenters. The molecular weight excluding hydrogens is 418 g/mol. The van der Waals surface area contributed by atoms with Crippen LogP contribution in [-0.2, 0) is 11.3 Å². The van der Waals surface area contributed by atoms with Gasteiger partial charge >= 0.3 is 0 Å². The van der Waals surface area contributed by atoms with Crippen molar-refractivity contribution in [3.63, 3.8) is 0 Å². The fourth-order valence-electron chi connectivity index (χ4n) is 3.27. The Morgan fingerprint density at radius 1 is 1.16 bits per heavy atom. The van der Waals surface area contributed by atoms with Crippen LogP contribution in [0.2, 0.25) is 0 Å². The van der Waals surface area contributed by atoms with Crippen LogP contribution < -0.4 is 14.2 Å². The molecule has 12 heteroatoms. The first-order valence-corrected chi connectivity index (χ1v) is 10.1. The third-order valence-corrected chi connectivity index (χ3v) is 4.88. The van der Waals surface area contributed by atoms with Gasteiger partial charge in [0.05, 0.1) is 31.3 Å². The fraction of sp³-hybridized carbons (Fsp3) is 0.400. The molecule has 166 valence electrons. The highest BCUT2D eigenvalue weighted by Gasteiger charge is 2.18. The smallest absolute Gasteiger partial charge is 0.275 e. The second-order valence-corrected chi connectivity index (χ2v) is 7.21. The summed E-state index contributed by atoms with van der Waals surface area (Å²) in [7, 11) is 1.53. The van der Waals surface area contributed by atoms with Gasteiger partial charge in [-0.15, -0.1) is 15.3 Å². The first-order valence-electron chi connectivity index (χ1n) is 10.1. The van der Waals surface area contributed by atoms with E-state index in [-0.39, 0.29) is 18.6 Å². The minimum atomic E-state index is 0.122. The molecule has 0 radical (unpaired) electrons. The van der Waals surface area contributed by atoms with Gasteiger partial charge in [0, 0.05) is 18.7 Å². The lowest BCUT2D eigenvalue weighted by Gasteiger charge is -2.11. The molecule has 0 saturated carbocycles. The summed E-state index contributed by atoms with van der Waals surface area (Å²) in [6.07, 6.45) is 5.35. The van der Waals surface area contributed by atoms with Crippen LogP contribution in [-0.4, -0.2) is 61.4 Å². The van der Waals surface area contributed by atoms with Gasteiger partial charge < -0.3 is 23.5 Å². The molecule has 0 amide bonds. The van der Waals surface area contributed by atoms with Crippen molar-refractivity contribution in [2.45, 2.75) is 32.5 Å². The Morgan fingerprint density at radius 2 is 2.09 bits per heavy atom. The lowest BCUT2D eigenvalue weighted by atomic mass is 10.2. The van der Waals surface area contributed by atoms with E-state index in [1.807, 2.05) is 0 Å². The molecule has 1 aliphatic heterocycles. The minimum absolute atomic E-state index is 0.122. The van der Waals surface area contributed by atoms with E-state index in [1.165, 1.54) is 11.6 Å². The van der Waals surface area contributed by atoms with Crippen molar-refractivity contribution in [1.29, 1.82) is 0 Å². The maximum absolute atomic E-state index is 5.85. The third-order valence-electron chi connectivity index (χ3n) is 4.88. The third kappa shape index (κ3) is 4.17. The van der Waals surface area contributed by atoms with Crippen LogP contribution in [0.5, 0.6) is 17.5 Å². The molecule has 32 heavy (non-hydrogen) atoms. The van der Waals surface area contributed by atoms with Crippen molar-refractivity contribution >= 4 is 5.65 Å². The monoisotopic (exact) mass is 439 g/mol. The molecular formula is C20H21N7O5. The molecule has 5 heterocycles. The van der Waals surface area contributed by atoms with Gasteiger partial charge in [-0.3, -0.25) is 4.98 Å². The van der Waals surface area contributed by atoms with Crippen molar-refractivity contribution in [1.82, 2.24) is 34.9 Å². The molecule has 0 bridgehead atoms. The zero-order valence-corrected chi connectivity index (χ0v) is 17.6. The number of methoxy groups -OCH3 is 1. The van der Waals surface area contributed by atoms with E-state index in [0.717, 1.165) is 19.4 Å². The minimum Gasteiger partial charge on any atom is -0.491 e. The van der Waals surface area contributed by atoms with Crippen LogP contribution in [0.3, 0.4) is 0 Å². The number of fused-ring (bicyclic) bond motifs is 1. The van der Waals surface area contributed by atoms with Crippen molar-refractivity contribution in [3.8, 4) is 29.0 Å². The molecule has 1 atom stereocenters. The molecule has 0 aromatic carbocycles. The van der Waals surface area contributed by atoms with Gasteiger partial charge in [-0.05, 0) is 19.8 Å². The SMILES string of the molecule is COc1cc2nnc(-c3cc(C)on3)n2nc1OCc1cnc(OCC2CCCO2)cn1. The first kappa shape index (κ1) is 20.1. The summed E-state index contributed by atoms with van der Waals surface area (Å²) in [6.45, 7) is 3.19. The predicted octanol–water partition coefficient (Wildman–Crippen LogP) is 2.02. The molecule has 4 aromatic heterocycles. The zero-order valence-electron chi connectivity index (χ0n) is 17.6. The van der Waals surface area contributed by atoms with E-state index in [9.17, 15) is 0 Å². The number of ether oxygens (including phenoxy) is 4. The van der Waals surface area contributed by atoms with E-state index in [2.05, 4.69) is 30.4 Å². The van der Waals surface area contributed by atoms with E-state index in [4.69, 9.17) is 23.5 Å². The summed E-state index contributed by atoms with van der Waals surface area (Å²) >= 11 is 0. The second-order valence-electron chi connectivity index (χ2n) is 7.21. The highest BCUT2D eigenvalue weighted by molar-refractivity contribution is 5.56. The second kappa shape index (κ2) is 8.75. The molecule has 0 N–H and O–H groups in total. The van der Waals surface area contributed by atoms with Gasteiger partial charge in [0.1, 0.15) is 19.0 Å². The van der Waals surface area contributed by atoms with Crippen molar-refractivity contribution in [2.24, 2.45) is 0 Å². The topological polar surface area (TPSA) is 132 Å². The Labute approximate surface area is 182 Å². The number of rotatable bonds is 8. The van der Waals surface area contributed by atoms with Crippen LogP contribution in [0.25, 0.3) is 17.2 Å². The van der Waals surface area contributed by atoms with E-state index in [1.54, 1.807) is 31.5 Å². The molecule has 12 nitrogen and oxygen atoms in total. The normalized spacial score (nSPS) is 15.9. The van der Waals surface area contributed by atoms with Crippen LogP contribution >= 0.6 is 0 Å². The molecule has 5 rings (SSSR count). The molecule has 1 saturated heterocycles. The average Bonchev–Trinajstić information content (AvgIpc) is 3.57. The quantitative estimate of drug-likeness (QED) is 0.399. The molecule has 1 fully saturated rings. The molecule has 1 aliphatic rings. The molecule has 0 aliphatic carbocycles. The van der Waals surface area contributed by atoms with Gasteiger partial charge in [-0.2, -0.15) is 4.52 Å². The van der Waals surface area contributed by atoms with Crippen molar-refractivity contribution in [2.75, 3.05) is 20.3 Å². The van der Waals surface area contributed by atoms with Crippen LogP contribution in [0.1, 0.15) is 24.3 Å². The van der Waals surface area contributed by atoms with E-state index in [0.29, 0.717) is 46.9 Å². The van der Waals surface area contributed by atoms with Gasteiger partial charge in [0.2, 0.25) is 11.7 Å². The largest absolute Gasteiger partial charge is 0.491 e. The van der Waals surface area contributed by atoms with Crippen LogP contribution in [0.4, 0.5) is 0 Å². The zero-order chi connectivity index (χ0) is 21.9. The van der Waals surface area contributed by atoms with E-state index >= 15 is 0 Å². The Kier molecular flexibility index (Phi) is 5.50. The highest BCUT2D eigenvalue weighted by Crippen LogP contribution is 2.28. The van der Waals surface area contributed by atoms with Gasteiger partial charge in [0.25, 0.3) is 5.88 Å². The lowest BCUT2D eigenvalue weighted by Crippen LogP contribution is -2.16. The Hall–Kier alpha value is -3.80. The summed E-state index contributed by atoms with van der Waals surface area (Å²) in [4.78, 5) is 8.62. The van der Waals surface area contributed by atoms with Gasteiger partial charge in [0.15, 0.2) is 17.1 Å². The average molecular weight is 439 g/mol. The Morgan fingerprint density at radius 3 is 2.81 bits per heavy atom. The number of aromatic nitrogens is 7.